The van der Waals surface area contributed by atoms with Gasteiger partial charge >= 0.3 is 6.09 Å². The molecule has 6 nitrogen and oxygen atoms in total. The van der Waals surface area contributed by atoms with Crippen molar-refractivity contribution < 1.29 is 18.7 Å². The molecular formula is C20H25ClN2O4. The standard InChI is InChI=1S/C20H25ClN2O4/c1-20(2,3)27-19(25)22-12-13-6-8-23(9-7-13)18(24)17-11-14-10-15(21)4-5-16(14)26-17/h4-5,10-11,13H,6-9,12H2,1-3H3,(H,22,25). The summed E-state index contributed by atoms with van der Waals surface area (Å²) in [5.74, 6) is 0.550. The predicted molar refractivity (Wildman–Crippen MR) is 104 cm³/mol. The molecule has 1 aliphatic rings. The Morgan fingerprint density at radius 1 is 1.26 bits per heavy atom. The SMILES string of the molecule is CC(C)(C)OC(=O)NCC1CCN(C(=O)c2cc3cc(Cl)ccc3o2)CC1. The zero-order valence-corrected chi connectivity index (χ0v) is 16.6. The molecule has 0 saturated carbocycles. The summed E-state index contributed by atoms with van der Waals surface area (Å²) in [4.78, 5) is 26.2. The van der Waals surface area contributed by atoms with Gasteiger partial charge in [0.05, 0.1) is 0 Å². The van der Waals surface area contributed by atoms with Gasteiger partial charge in [-0.1, -0.05) is 11.6 Å². The van der Waals surface area contributed by atoms with E-state index in [1.807, 2.05) is 20.8 Å². The van der Waals surface area contributed by atoms with E-state index >= 15 is 0 Å². The molecule has 1 saturated heterocycles. The van der Waals surface area contributed by atoms with Crippen LogP contribution in [0.2, 0.25) is 5.02 Å². The first-order chi connectivity index (χ1) is 12.7. The number of amides is 2. The van der Waals surface area contributed by atoms with Crippen molar-refractivity contribution in [1.82, 2.24) is 10.2 Å². The van der Waals surface area contributed by atoms with Crippen LogP contribution >= 0.6 is 11.6 Å². The number of rotatable bonds is 3. The van der Waals surface area contributed by atoms with Crippen LogP contribution in [0.1, 0.15) is 44.2 Å². The summed E-state index contributed by atoms with van der Waals surface area (Å²) in [6.07, 6.45) is 1.25. The molecule has 1 N–H and O–H groups in total. The van der Waals surface area contributed by atoms with Gasteiger partial charge in [0.1, 0.15) is 11.2 Å². The second-order valence-electron chi connectivity index (χ2n) is 7.91. The van der Waals surface area contributed by atoms with Gasteiger partial charge < -0.3 is 19.4 Å². The number of carbonyl (C=O) groups excluding carboxylic acids is 2. The van der Waals surface area contributed by atoms with Crippen LogP contribution in [0.25, 0.3) is 11.0 Å². The van der Waals surface area contributed by atoms with Crippen molar-refractivity contribution in [2.75, 3.05) is 19.6 Å². The number of nitrogens with zero attached hydrogens (tertiary/aromatic N) is 1. The first-order valence-corrected chi connectivity index (χ1v) is 9.54. The maximum absolute atomic E-state index is 12.7. The Morgan fingerprint density at radius 2 is 1.96 bits per heavy atom. The summed E-state index contributed by atoms with van der Waals surface area (Å²) < 4.78 is 10.9. The Labute approximate surface area is 163 Å². The molecule has 2 heterocycles. The van der Waals surface area contributed by atoms with Crippen LogP contribution in [-0.4, -0.2) is 42.1 Å². The van der Waals surface area contributed by atoms with Gasteiger partial charge in [0.2, 0.25) is 0 Å². The molecule has 2 aromatic rings. The van der Waals surface area contributed by atoms with Crippen LogP contribution in [0, 0.1) is 5.92 Å². The normalized spacial score (nSPS) is 15.8. The van der Waals surface area contributed by atoms with E-state index < -0.39 is 11.7 Å². The number of hydrogen-bond donors (Lipinski definition) is 1. The predicted octanol–water partition coefficient (Wildman–Crippen LogP) is 4.46. The van der Waals surface area contributed by atoms with E-state index in [0.29, 0.717) is 41.9 Å². The fourth-order valence-corrected chi connectivity index (χ4v) is 3.34. The van der Waals surface area contributed by atoms with E-state index in [1.54, 1.807) is 29.2 Å². The number of carbonyl (C=O) groups is 2. The number of halogens is 1. The second-order valence-corrected chi connectivity index (χ2v) is 8.35. The molecule has 0 bridgehead atoms. The van der Waals surface area contributed by atoms with Gasteiger partial charge in [-0.2, -0.15) is 0 Å². The van der Waals surface area contributed by atoms with Crippen LogP contribution in [-0.2, 0) is 4.74 Å². The molecule has 27 heavy (non-hydrogen) atoms. The molecule has 0 aliphatic carbocycles. The molecule has 3 rings (SSSR count). The van der Waals surface area contributed by atoms with E-state index in [2.05, 4.69) is 5.32 Å². The zero-order valence-electron chi connectivity index (χ0n) is 15.9. The molecule has 1 aromatic heterocycles. The molecule has 0 radical (unpaired) electrons. The topological polar surface area (TPSA) is 71.8 Å². The molecule has 7 heteroatoms. The van der Waals surface area contributed by atoms with Crippen molar-refractivity contribution in [3.8, 4) is 0 Å². The van der Waals surface area contributed by atoms with Crippen LogP contribution in [0.5, 0.6) is 0 Å². The second kappa shape index (κ2) is 7.80. The highest BCUT2D eigenvalue weighted by Gasteiger charge is 2.26. The number of fused-ring (bicyclic) bond motifs is 1. The Balaban J connectivity index is 1.51. The highest BCUT2D eigenvalue weighted by Crippen LogP contribution is 2.25. The molecule has 0 spiro atoms. The Bertz CT molecular complexity index is 832. The maximum atomic E-state index is 12.7. The Hall–Kier alpha value is -2.21. The largest absolute Gasteiger partial charge is 0.451 e. The number of furan rings is 1. The first kappa shape index (κ1) is 19.5. The number of piperidine rings is 1. The molecule has 1 aromatic carbocycles. The van der Waals surface area contributed by atoms with Gasteiger partial charge in [-0.3, -0.25) is 4.79 Å². The summed E-state index contributed by atoms with van der Waals surface area (Å²) >= 11 is 5.98. The van der Waals surface area contributed by atoms with Gasteiger partial charge in [0, 0.05) is 30.0 Å². The lowest BCUT2D eigenvalue weighted by molar-refractivity contribution is 0.0498. The molecule has 0 atom stereocenters. The van der Waals surface area contributed by atoms with Gasteiger partial charge in [0.15, 0.2) is 5.76 Å². The molecule has 1 fully saturated rings. The monoisotopic (exact) mass is 392 g/mol. The van der Waals surface area contributed by atoms with Crippen LogP contribution in [0.4, 0.5) is 4.79 Å². The van der Waals surface area contributed by atoms with Crippen molar-refractivity contribution in [3.63, 3.8) is 0 Å². The van der Waals surface area contributed by atoms with Crippen molar-refractivity contribution in [1.29, 1.82) is 0 Å². The lowest BCUT2D eigenvalue weighted by atomic mass is 9.96. The summed E-state index contributed by atoms with van der Waals surface area (Å²) in [6.45, 7) is 7.34. The van der Waals surface area contributed by atoms with E-state index in [0.717, 1.165) is 18.2 Å². The van der Waals surface area contributed by atoms with Crippen LogP contribution in [0.15, 0.2) is 28.7 Å². The van der Waals surface area contributed by atoms with E-state index in [9.17, 15) is 9.59 Å². The fourth-order valence-electron chi connectivity index (χ4n) is 3.16. The van der Waals surface area contributed by atoms with Gasteiger partial charge in [0.25, 0.3) is 5.91 Å². The quantitative estimate of drug-likeness (QED) is 0.836. The average Bonchev–Trinajstić information content (AvgIpc) is 3.01. The summed E-state index contributed by atoms with van der Waals surface area (Å²) in [7, 11) is 0. The summed E-state index contributed by atoms with van der Waals surface area (Å²) in [6, 6.07) is 7.03. The number of hydrogen-bond acceptors (Lipinski definition) is 4. The highest BCUT2D eigenvalue weighted by atomic mass is 35.5. The third-order valence-corrected chi connectivity index (χ3v) is 4.76. The molecule has 2 amide bonds. The highest BCUT2D eigenvalue weighted by molar-refractivity contribution is 6.31. The average molecular weight is 393 g/mol. The van der Waals surface area contributed by atoms with Gasteiger partial charge in [-0.15, -0.1) is 0 Å². The van der Waals surface area contributed by atoms with Crippen molar-refractivity contribution in [2.24, 2.45) is 5.92 Å². The van der Waals surface area contributed by atoms with Crippen LogP contribution in [0.3, 0.4) is 0 Å². The summed E-state index contributed by atoms with van der Waals surface area (Å²) in [5, 5.41) is 4.25. The minimum Gasteiger partial charge on any atom is -0.451 e. The molecule has 1 aliphatic heterocycles. The Morgan fingerprint density at radius 3 is 2.63 bits per heavy atom. The lowest BCUT2D eigenvalue weighted by Gasteiger charge is -2.31. The van der Waals surface area contributed by atoms with Crippen molar-refractivity contribution in [2.45, 2.75) is 39.2 Å². The number of likely N-dealkylation sites (tertiary alicyclic amines) is 1. The number of ether oxygens (including phenoxy) is 1. The van der Waals surface area contributed by atoms with E-state index in [1.165, 1.54) is 0 Å². The fraction of sp³-hybridized carbons (Fsp3) is 0.500. The van der Waals surface area contributed by atoms with E-state index in [-0.39, 0.29) is 5.91 Å². The minimum absolute atomic E-state index is 0.110. The first-order valence-electron chi connectivity index (χ1n) is 9.16. The lowest BCUT2D eigenvalue weighted by Crippen LogP contribution is -2.42. The number of benzene rings is 1. The number of alkyl carbamates (subject to hydrolysis) is 1. The van der Waals surface area contributed by atoms with Gasteiger partial charge in [-0.25, -0.2) is 4.79 Å². The van der Waals surface area contributed by atoms with E-state index in [4.69, 9.17) is 20.8 Å². The Kier molecular flexibility index (Phi) is 5.65. The van der Waals surface area contributed by atoms with Crippen LogP contribution < -0.4 is 5.32 Å². The third-order valence-electron chi connectivity index (χ3n) is 4.52. The smallest absolute Gasteiger partial charge is 0.407 e. The number of nitrogens with one attached hydrogen (secondary N) is 1. The maximum Gasteiger partial charge on any atom is 0.407 e. The molecule has 146 valence electrons. The minimum atomic E-state index is -0.503. The summed E-state index contributed by atoms with van der Waals surface area (Å²) in [5.41, 5.74) is 0.149. The zero-order chi connectivity index (χ0) is 19.6. The molecule has 0 unspecified atom stereocenters. The third kappa shape index (κ3) is 5.16. The van der Waals surface area contributed by atoms with Gasteiger partial charge in [-0.05, 0) is 63.8 Å². The molecular weight excluding hydrogens is 368 g/mol. The van der Waals surface area contributed by atoms with Crippen molar-refractivity contribution >= 4 is 34.6 Å². The van der Waals surface area contributed by atoms with Crippen molar-refractivity contribution in [3.05, 3.63) is 35.0 Å².